The minimum atomic E-state index is 0.228. The van der Waals surface area contributed by atoms with Crippen molar-refractivity contribution in [3.05, 3.63) is 35.4 Å². The number of aliphatic hydroxyl groups excluding tert-OH is 1. The van der Waals surface area contributed by atoms with E-state index in [1.165, 1.54) is 24.2 Å². The fraction of sp³-hybridized carbons (Fsp3) is 0.538. The molecular formula is C13H19NO. The van der Waals surface area contributed by atoms with Gasteiger partial charge in [-0.25, -0.2) is 0 Å². The maximum atomic E-state index is 9.05. The van der Waals surface area contributed by atoms with Gasteiger partial charge >= 0.3 is 0 Å². The molecule has 0 amide bonds. The summed E-state index contributed by atoms with van der Waals surface area (Å²) < 4.78 is 0. The molecular weight excluding hydrogens is 186 g/mol. The van der Waals surface area contributed by atoms with Gasteiger partial charge in [0, 0.05) is 31.5 Å². The molecule has 1 aliphatic rings. The van der Waals surface area contributed by atoms with Crippen molar-refractivity contribution >= 4 is 0 Å². The molecule has 1 aromatic carbocycles. The molecule has 1 aromatic rings. The SMILES string of the molecule is CC(CO)c1ccc(C2CN(C)C2)cc1. The first-order valence-corrected chi connectivity index (χ1v) is 5.60. The summed E-state index contributed by atoms with van der Waals surface area (Å²) in [7, 11) is 2.15. The minimum absolute atomic E-state index is 0.228. The maximum absolute atomic E-state index is 9.05. The van der Waals surface area contributed by atoms with Crippen LogP contribution >= 0.6 is 0 Å². The molecule has 1 atom stereocenters. The third-order valence-electron chi connectivity index (χ3n) is 3.31. The first kappa shape index (κ1) is 10.7. The van der Waals surface area contributed by atoms with E-state index < -0.39 is 0 Å². The molecule has 0 aromatic heterocycles. The van der Waals surface area contributed by atoms with Gasteiger partial charge in [-0.15, -0.1) is 0 Å². The number of rotatable bonds is 3. The normalized spacial score (nSPS) is 19.9. The van der Waals surface area contributed by atoms with Crippen LogP contribution in [0.1, 0.15) is 29.9 Å². The van der Waals surface area contributed by atoms with E-state index in [2.05, 4.69) is 36.2 Å². The second kappa shape index (κ2) is 4.33. The minimum Gasteiger partial charge on any atom is -0.396 e. The highest BCUT2D eigenvalue weighted by atomic mass is 16.3. The molecule has 15 heavy (non-hydrogen) atoms. The van der Waals surface area contributed by atoms with E-state index in [0.29, 0.717) is 5.92 Å². The molecule has 1 N–H and O–H groups in total. The third kappa shape index (κ3) is 2.21. The van der Waals surface area contributed by atoms with Gasteiger partial charge in [0.2, 0.25) is 0 Å². The predicted molar refractivity (Wildman–Crippen MR) is 62.2 cm³/mol. The maximum Gasteiger partial charge on any atom is 0.0497 e. The zero-order valence-corrected chi connectivity index (χ0v) is 9.48. The molecule has 1 fully saturated rings. The lowest BCUT2D eigenvalue weighted by atomic mass is 9.90. The number of likely N-dealkylation sites (N-methyl/N-ethyl adjacent to an activating group) is 1. The molecule has 2 heteroatoms. The quantitative estimate of drug-likeness (QED) is 0.813. The molecule has 0 spiro atoms. The van der Waals surface area contributed by atoms with E-state index in [0.717, 1.165) is 0 Å². The molecule has 2 rings (SSSR count). The Labute approximate surface area is 91.5 Å². The Morgan fingerprint density at radius 1 is 1.33 bits per heavy atom. The van der Waals surface area contributed by atoms with Crippen molar-refractivity contribution in [3.8, 4) is 0 Å². The van der Waals surface area contributed by atoms with Gasteiger partial charge in [0.1, 0.15) is 0 Å². The van der Waals surface area contributed by atoms with Gasteiger partial charge in [-0.1, -0.05) is 31.2 Å². The van der Waals surface area contributed by atoms with Gasteiger partial charge < -0.3 is 10.0 Å². The molecule has 1 aliphatic heterocycles. The lowest BCUT2D eigenvalue weighted by Gasteiger charge is -2.36. The van der Waals surface area contributed by atoms with Crippen molar-refractivity contribution in [2.45, 2.75) is 18.8 Å². The largest absolute Gasteiger partial charge is 0.396 e. The Kier molecular flexibility index (Phi) is 3.08. The Morgan fingerprint density at radius 2 is 1.93 bits per heavy atom. The molecule has 2 nitrogen and oxygen atoms in total. The van der Waals surface area contributed by atoms with E-state index in [1.54, 1.807) is 0 Å². The Hall–Kier alpha value is -0.860. The topological polar surface area (TPSA) is 23.5 Å². The van der Waals surface area contributed by atoms with Gasteiger partial charge in [-0.2, -0.15) is 0 Å². The number of likely N-dealkylation sites (tertiary alicyclic amines) is 1. The van der Waals surface area contributed by atoms with E-state index in [9.17, 15) is 0 Å². The van der Waals surface area contributed by atoms with E-state index >= 15 is 0 Å². The summed E-state index contributed by atoms with van der Waals surface area (Å²) in [5.41, 5.74) is 2.66. The number of hydrogen-bond acceptors (Lipinski definition) is 2. The van der Waals surface area contributed by atoms with Crippen molar-refractivity contribution in [1.29, 1.82) is 0 Å². The van der Waals surface area contributed by atoms with Crippen molar-refractivity contribution < 1.29 is 5.11 Å². The predicted octanol–water partition coefficient (Wildman–Crippen LogP) is 1.81. The van der Waals surface area contributed by atoms with Crippen LogP contribution in [-0.4, -0.2) is 36.8 Å². The molecule has 1 unspecified atom stereocenters. The second-order valence-electron chi connectivity index (χ2n) is 4.67. The first-order valence-electron chi connectivity index (χ1n) is 5.60. The summed E-state index contributed by atoms with van der Waals surface area (Å²) in [4.78, 5) is 2.33. The van der Waals surface area contributed by atoms with Crippen LogP contribution in [0.3, 0.4) is 0 Å². The fourth-order valence-electron chi connectivity index (χ4n) is 2.11. The zero-order valence-electron chi connectivity index (χ0n) is 9.48. The molecule has 82 valence electrons. The van der Waals surface area contributed by atoms with E-state index in [1.807, 2.05) is 6.92 Å². The van der Waals surface area contributed by atoms with Crippen LogP contribution in [-0.2, 0) is 0 Å². The Bertz CT molecular complexity index is 314. The number of nitrogens with zero attached hydrogens (tertiary/aromatic N) is 1. The summed E-state index contributed by atoms with van der Waals surface area (Å²) in [5.74, 6) is 0.969. The standard InChI is InChI=1S/C13H19NO/c1-10(9-15)11-3-5-12(6-4-11)13-7-14(2)8-13/h3-6,10,13,15H,7-9H2,1-2H3. The Morgan fingerprint density at radius 3 is 2.40 bits per heavy atom. The van der Waals surface area contributed by atoms with Crippen LogP contribution < -0.4 is 0 Å². The molecule has 0 aliphatic carbocycles. The van der Waals surface area contributed by atoms with Crippen LogP contribution in [0.2, 0.25) is 0 Å². The first-order chi connectivity index (χ1) is 7.20. The molecule has 1 heterocycles. The highest BCUT2D eigenvalue weighted by Crippen LogP contribution is 2.26. The van der Waals surface area contributed by atoms with Crippen LogP contribution in [0, 0.1) is 0 Å². The van der Waals surface area contributed by atoms with Crippen molar-refractivity contribution in [1.82, 2.24) is 4.90 Å². The zero-order chi connectivity index (χ0) is 10.8. The van der Waals surface area contributed by atoms with Crippen LogP contribution in [0.15, 0.2) is 24.3 Å². The van der Waals surface area contributed by atoms with Crippen molar-refractivity contribution in [2.75, 3.05) is 26.7 Å². The summed E-state index contributed by atoms with van der Waals surface area (Å²) in [5, 5.41) is 9.05. The Balaban J connectivity index is 2.04. The lowest BCUT2D eigenvalue weighted by molar-refractivity contribution is 0.189. The summed E-state index contributed by atoms with van der Waals surface area (Å²) >= 11 is 0. The average Bonchev–Trinajstić information content (AvgIpc) is 2.24. The summed E-state index contributed by atoms with van der Waals surface area (Å²) in [6.45, 7) is 4.63. The molecule has 0 bridgehead atoms. The van der Waals surface area contributed by atoms with Crippen LogP contribution in [0.25, 0.3) is 0 Å². The van der Waals surface area contributed by atoms with Gasteiger partial charge in [0.15, 0.2) is 0 Å². The highest BCUT2D eigenvalue weighted by molar-refractivity contribution is 5.29. The third-order valence-corrected chi connectivity index (χ3v) is 3.31. The lowest BCUT2D eigenvalue weighted by Crippen LogP contribution is -2.41. The number of hydrogen-bond donors (Lipinski definition) is 1. The highest BCUT2D eigenvalue weighted by Gasteiger charge is 2.24. The van der Waals surface area contributed by atoms with Crippen molar-refractivity contribution in [3.63, 3.8) is 0 Å². The monoisotopic (exact) mass is 205 g/mol. The van der Waals surface area contributed by atoms with Crippen LogP contribution in [0.4, 0.5) is 0 Å². The van der Waals surface area contributed by atoms with Gasteiger partial charge in [0.25, 0.3) is 0 Å². The van der Waals surface area contributed by atoms with E-state index in [-0.39, 0.29) is 12.5 Å². The van der Waals surface area contributed by atoms with Gasteiger partial charge in [-0.05, 0) is 18.2 Å². The summed E-state index contributed by atoms with van der Waals surface area (Å²) in [6.07, 6.45) is 0. The molecule has 1 saturated heterocycles. The van der Waals surface area contributed by atoms with Crippen LogP contribution in [0.5, 0.6) is 0 Å². The van der Waals surface area contributed by atoms with Gasteiger partial charge in [0.05, 0.1) is 0 Å². The average molecular weight is 205 g/mol. The smallest absolute Gasteiger partial charge is 0.0497 e. The van der Waals surface area contributed by atoms with Crippen molar-refractivity contribution in [2.24, 2.45) is 0 Å². The summed E-state index contributed by atoms with van der Waals surface area (Å²) in [6, 6.07) is 8.71. The molecule has 0 radical (unpaired) electrons. The molecule has 0 saturated carbocycles. The second-order valence-corrected chi connectivity index (χ2v) is 4.67. The fourth-order valence-corrected chi connectivity index (χ4v) is 2.11. The van der Waals surface area contributed by atoms with E-state index in [4.69, 9.17) is 5.11 Å². The van der Waals surface area contributed by atoms with Gasteiger partial charge in [-0.3, -0.25) is 0 Å². The number of benzene rings is 1. The number of aliphatic hydroxyl groups is 1.